The Balaban J connectivity index is 0. The van der Waals surface area contributed by atoms with Crippen molar-refractivity contribution in [2.45, 2.75) is 97.8 Å². The van der Waals surface area contributed by atoms with Crippen molar-refractivity contribution in [2.75, 3.05) is 0 Å². The number of hydrogen-bond acceptors (Lipinski definition) is 1. The molecular formula is C18H36O2. The first-order chi connectivity index (χ1) is 9.65. The van der Waals surface area contributed by atoms with Crippen molar-refractivity contribution in [3.05, 3.63) is 12.2 Å². The SMILES string of the molecule is CC(=O)O.CCCCCCC=CCCCCCCCC. The maximum Gasteiger partial charge on any atom is 0.300 e. The average Bonchev–Trinajstić information content (AvgIpc) is 2.39. The molecule has 1 N–H and O–H groups in total. The first-order valence-electron chi connectivity index (χ1n) is 8.49. The van der Waals surface area contributed by atoms with Crippen molar-refractivity contribution in [1.29, 1.82) is 0 Å². The molecule has 0 saturated heterocycles. The molecule has 0 aromatic carbocycles. The summed E-state index contributed by atoms with van der Waals surface area (Å²) >= 11 is 0. The zero-order valence-electron chi connectivity index (χ0n) is 14.0. The Morgan fingerprint density at radius 1 is 0.750 bits per heavy atom. The van der Waals surface area contributed by atoms with Gasteiger partial charge in [-0.15, -0.1) is 0 Å². The fourth-order valence-electron chi connectivity index (χ4n) is 1.97. The predicted molar refractivity (Wildman–Crippen MR) is 89.2 cm³/mol. The first-order valence-corrected chi connectivity index (χ1v) is 8.49. The predicted octanol–water partition coefficient (Wildman–Crippen LogP) is 6.35. The van der Waals surface area contributed by atoms with Gasteiger partial charge in [0.2, 0.25) is 0 Å². The second kappa shape index (κ2) is 20.5. The van der Waals surface area contributed by atoms with Crippen LogP contribution in [-0.4, -0.2) is 11.1 Å². The van der Waals surface area contributed by atoms with E-state index in [1.165, 1.54) is 77.0 Å². The van der Waals surface area contributed by atoms with Crippen LogP contribution in [-0.2, 0) is 4.79 Å². The minimum atomic E-state index is -0.833. The van der Waals surface area contributed by atoms with Gasteiger partial charge in [0.1, 0.15) is 0 Å². The van der Waals surface area contributed by atoms with Crippen LogP contribution in [0, 0.1) is 0 Å². The van der Waals surface area contributed by atoms with E-state index in [2.05, 4.69) is 26.0 Å². The molecule has 120 valence electrons. The van der Waals surface area contributed by atoms with E-state index < -0.39 is 5.97 Å². The second-order valence-electron chi connectivity index (χ2n) is 5.40. The zero-order valence-corrected chi connectivity index (χ0v) is 14.0. The lowest BCUT2D eigenvalue weighted by molar-refractivity contribution is -0.134. The summed E-state index contributed by atoms with van der Waals surface area (Å²) in [7, 11) is 0. The number of carboxylic acid groups (broad SMARTS) is 1. The van der Waals surface area contributed by atoms with Gasteiger partial charge in [-0.2, -0.15) is 0 Å². The third kappa shape index (κ3) is 30.3. The summed E-state index contributed by atoms with van der Waals surface area (Å²) in [5, 5.41) is 7.42. The summed E-state index contributed by atoms with van der Waals surface area (Å²) in [6, 6.07) is 0. The fourth-order valence-corrected chi connectivity index (χ4v) is 1.97. The standard InChI is InChI=1S/C16H32.C2H4O2/c1-3-5-7-9-11-13-15-16-14-12-10-8-6-4-2;1-2(3)4/h13,15H,3-12,14,16H2,1-2H3;1H3,(H,3,4). The Labute approximate surface area is 126 Å². The molecule has 2 heteroatoms. The highest BCUT2D eigenvalue weighted by Gasteiger charge is 1.88. The molecule has 0 aromatic rings. The second-order valence-corrected chi connectivity index (χ2v) is 5.40. The summed E-state index contributed by atoms with van der Waals surface area (Å²) < 4.78 is 0. The molecule has 0 amide bonds. The summed E-state index contributed by atoms with van der Waals surface area (Å²) in [6.45, 7) is 5.63. The van der Waals surface area contributed by atoms with Crippen LogP contribution >= 0.6 is 0 Å². The van der Waals surface area contributed by atoms with E-state index in [1.807, 2.05) is 0 Å². The summed E-state index contributed by atoms with van der Waals surface area (Å²) in [5.41, 5.74) is 0. The quantitative estimate of drug-likeness (QED) is 0.334. The van der Waals surface area contributed by atoms with Gasteiger partial charge in [-0.1, -0.05) is 77.4 Å². The normalized spacial score (nSPS) is 10.3. The Morgan fingerprint density at radius 3 is 1.45 bits per heavy atom. The van der Waals surface area contributed by atoms with E-state index >= 15 is 0 Å². The maximum atomic E-state index is 9.00. The first kappa shape index (κ1) is 21.5. The van der Waals surface area contributed by atoms with Gasteiger partial charge in [0.05, 0.1) is 0 Å². The van der Waals surface area contributed by atoms with Crippen LogP contribution in [0.25, 0.3) is 0 Å². The number of rotatable bonds is 12. The van der Waals surface area contributed by atoms with E-state index in [-0.39, 0.29) is 0 Å². The fraction of sp³-hybridized carbons (Fsp3) is 0.833. The van der Waals surface area contributed by atoms with E-state index in [0.717, 1.165) is 6.92 Å². The summed E-state index contributed by atoms with van der Waals surface area (Å²) in [5.74, 6) is -0.833. The molecule has 0 spiro atoms. The van der Waals surface area contributed by atoms with Crippen LogP contribution in [0.2, 0.25) is 0 Å². The van der Waals surface area contributed by atoms with Gasteiger partial charge in [0.25, 0.3) is 5.97 Å². The molecule has 0 fully saturated rings. The number of allylic oxidation sites excluding steroid dienone is 2. The average molecular weight is 284 g/mol. The number of carboxylic acids is 1. The molecule has 0 aliphatic heterocycles. The van der Waals surface area contributed by atoms with Crippen molar-refractivity contribution >= 4 is 5.97 Å². The Kier molecular flexibility index (Phi) is 22.1. The molecule has 0 aromatic heterocycles. The molecule has 20 heavy (non-hydrogen) atoms. The largest absolute Gasteiger partial charge is 0.481 e. The number of unbranched alkanes of at least 4 members (excludes halogenated alkanes) is 10. The molecule has 0 rings (SSSR count). The van der Waals surface area contributed by atoms with Gasteiger partial charge >= 0.3 is 0 Å². The van der Waals surface area contributed by atoms with E-state index in [0.29, 0.717) is 0 Å². The highest BCUT2D eigenvalue weighted by Crippen LogP contribution is 2.08. The Bertz CT molecular complexity index is 205. The van der Waals surface area contributed by atoms with E-state index in [4.69, 9.17) is 9.90 Å². The van der Waals surface area contributed by atoms with Crippen LogP contribution in [0.15, 0.2) is 12.2 Å². The minimum Gasteiger partial charge on any atom is -0.481 e. The Morgan fingerprint density at radius 2 is 1.05 bits per heavy atom. The molecule has 2 nitrogen and oxygen atoms in total. The molecule has 0 aliphatic carbocycles. The molecule has 0 aliphatic rings. The lowest BCUT2D eigenvalue weighted by atomic mass is 10.1. The van der Waals surface area contributed by atoms with Crippen molar-refractivity contribution < 1.29 is 9.90 Å². The van der Waals surface area contributed by atoms with Crippen molar-refractivity contribution in [3.8, 4) is 0 Å². The van der Waals surface area contributed by atoms with E-state index in [9.17, 15) is 0 Å². The molecule has 0 saturated carbocycles. The lowest BCUT2D eigenvalue weighted by Crippen LogP contribution is -1.78. The maximum absolute atomic E-state index is 9.00. The number of hydrogen-bond donors (Lipinski definition) is 1. The number of aliphatic carboxylic acids is 1. The molecule has 0 radical (unpaired) electrons. The van der Waals surface area contributed by atoms with Gasteiger partial charge in [-0.25, -0.2) is 0 Å². The van der Waals surface area contributed by atoms with Gasteiger partial charge in [-0.3, -0.25) is 4.79 Å². The van der Waals surface area contributed by atoms with Gasteiger partial charge in [0, 0.05) is 6.92 Å². The zero-order chi connectivity index (χ0) is 15.5. The van der Waals surface area contributed by atoms with Gasteiger partial charge in [0.15, 0.2) is 0 Å². The Hall–Kier alpha value is -0.790. The van der Waals surface area contributed by atoms with Crippen molar-refractivity contribution in [2.24, 2.45) is 0 Å². The van der Waals surface area contributed by atoms with E-state index in [1.54, 1.807) is 0 Å². The molecule has 0 unspecified atom stereocenters. The lowest BCUT2D eigenvalue weighted by Gasteiger charge is -1.98. The molecule has 0 bridgehead atoms. The summed E-state index contributed by atoms with van der Waals surface area (Å²) in [6.07, 6.45) is 21.4. The van der Waals surface area contributed by atoms with Crippen LogP contribution in [0.5, 0.6) is 0 Å². The van der Waals surface area contributed by atoms with Crippen LogP contribution in [0.3, 0.4) is 0 Å². The third-order valence-corrected chi connectivity index (χ3v) is 3.12. The van der Waals surface area contributed by atoms with Crippen LogP contribution in [0.1, 0.15) is 97.8 Å². The van der Waals surface area contributed by atoms with Crippen LogP contribution in [0.4, 0.5) is 0 Å². The van der Waals surface area contributed by atoms with Crippen molar-refractivity contribution in [3.63, 3.8) is 0 Å². The molecule has 0 atom stereocenters. The molecule has 0 heterocycles. The van der Waals surface area contributed by atoms with Gasteiger partial charge < -0.3 is 5.11 Å². The minimum absolute atomic E-state index is 0.833. The monoisotopic (exact) mass is 284 g/mol. The van der Waals surface area contributed by atoms with Gasteiger partial charge in [-0.05, 0) is 25.7 Å². The molecular weight excluding hydrogens is 248 g/mol. The number of carbonyl (C=O) groups is 1. The highest BCUT2D eigenvalue weighted by atomic mass is 16.4. The van der Waals surface area contributed by atoms with Crippen molar-refractivity contribution in [1.82, 2.24) is 0 Å². The smallest absolute Gasteiger partial charge is 0.300 e. The van der Waals surface area contributed by atoms with Crippen LogP contribution < -0.4 is 0 Å². The topological polar surface area (TPSA) is 37.3 Å². The summed E-state index contributed by atoms with van der Waals surface area (Å²) in [4.78, 5) is 9.00. The highest BCUT2D eigenvalue weighted by molar-refractivity contribution is 5.62. The third-order valence-electron chi connectivity index (χ3n) is 3.12.